The fourth-order valence-electron chi connectivity index (χ4n) is 2.58. The molecule has 2 rings (SSSR count). The molecule has 13 heteroatoms. The molecule has 1 aromatic carbocycles. The Bertz CT molecular complexity index is 1120. The van der Waals surface area contributed by atoms with Crippen LogP contribution in [0.25, 0.3) is 11.1 Å². The van der Waals surface area contributed by atoms with Crippen molar-refractivity contribution in [3.8, 4) is 16.9 Å². The van der Waals surface area contributed by atoms with Gasteiger partial charge in [-0.05, 0) is 23.8 Å². The second-order valence-corrected chi connectivity index (χ2v) is 6.30. The molecular formula is C19H16F6N4O3. The monoisotopic (exact) mass is 462 g/mol. The van der Waals surface area contributed by atoms with Gasteiger partial charge in [0.1, 0.15) is 29.3 Å². The standard InChI is InChI=1S/C19H16F6N4O3/c1-28-7-10(14(26)18(20,21)22)8-32-11-4-2-9(3-5-11)12-6-13(16(27)30)17(31)29-15(12)19(23,24)25/h2-7H,8,26H2,1H3,(H2,27,30)(H,29,31)/b14-10+,28-7?. The highest BCUT2D eigenvalue weighted by Gasteiger charge is 2.36. The maximum absolute atomic E-state index is 13.3. The number of alkyl halides is 6. The maximum Gasteiger partial charge on any atom is 0.431 e. The summed E-state index contributed by atoms with van der Waals surface area (Å²) in [5, 5.41) is 0. The van der Waals surface area contributed by atoms with Crippen molar-refractivity contribution in [2.75, 3.05) is 13.7 Å². The number of pyridine rings is 1. The number of amides is 1. The lowest BCUT2D eigenvalue weighted by molar-refractivity contribution is -0.140. The van der Waals surface area contributed by atoms with E-state index in [0.29, 0.717) is 6.07 Å². The van der Waals surface area contributed by atoms with Crippen molar-refractivity contribution in [1.29, 1.82) is 0 Å². The van der Waals surface area contributed by atoms with Gasteiger partial charge in [-0.1, -0.05) is 12.1 Å². The third-order valence-electron chi connectivity index (χ3n) is 4.09. The number of nitrogens with one attached hydrogen (secondary N) is 1. The number of nitrogens with two attached hydrogens (primary N) is 2. The van der Waals surface area contributed by atoms with Crippen molar-refractivity contribution in [2.24, 2.45) is 16.5 Å². The summed E-state index contributed by atoms with van der Waals surface area (Å²) in [6.07, 6.45) is -8.88. The Morgan fingerprint density at radius 2 is 1.72 bits per heavy atom. The molecule has 0 saturated carbocycles. The van der Waals surface area contributed by atoms with Crippen LogP contribution in [0.5, 0.6) is 5.75 Å². The van der Waals surface area contributed by atoms with Crippen LogP contribution in [0.15, 0.2) is 51.4 Å². The van der Waals surface area contributed by atoms with Crippen LogP contribution in [0.2, 0.25) is 0 Å². The Labute approximate surface area is 176 Å². The fourth-order valence-corrected chi connectivity index (χ4v) is 2.58. The van der Waals surface area contributed by atoms with Gasteiger partial charge in [-0.3, -0.25) is 14.6 Å². The Morgan fingerprint density at radius 3 is 2.19 bits per heavy atom. The van der Waals surface area contributed by atoms with Crippen LogP contribution in [0.1, 0.15) is 16.1 Å². The quantitative estimate of drug-likeness (QED) is 0.451. The number of hydrogen-bond donors (Lipinski definition) is 3. The number of carbonyl (C=O) groups is 1. The largest absolute Gasteiger partial charge is 0.489 e. The van der Waals surface area contributed by atoms with E-state index in [9.17, 15) is 35.9 Å². The van der Waals surface area contributed by atoms with E-state index < -0.39 is 58.5 Å². The van der Waals surface area contributed by atoms with Crippen molar-refractivity contribution in [3.63, 3.8) is 0 Å². The molecule has 32 heavy (non-hydrogen) atoms. The van der Waals surface area contributed by atoms with Crippen LogP contribution in [-0.4, -0.2) is 36.9 Å². The molecule has 1 heterocycles. The Hall–Kier alpha value is -3.77. The highest BCUT2D eigenvalue weighted by molar-refractivity contribution is 5.94. The summed E-state index contributed by atoms with van der Waals surface area (Å²) in [4.78, 5) is 28.1. The first kappa shape index (κ1) is 24.5. The van der Waals surface area contributed by atoms with E-state index in [1.807, 2.05) is 0 Å². The molecule has 0 spiro atoms. The summed E-state index contributed by atoms with van der Waals surface area (Å²) < 4.78 is 83.6. The zero-order valence-electron chi connectivity index (χ0n) is 16.3. The highest BCUT2D eigenvalue weighted by Crippen LogP contribution is 2.36. The molecule has 0 fully saturated rings. The van der Waals surface area contributed by atoms with Crippen LogP contribution in [-0.2, 0) is 6.18 Å². The van der Waals surface area contributed by atoms with Crippen molar-refractivity contribution in [1.82, 2.24) is 4.98 Å². The first-order chi connectivity index (χ1) is 14.8. The Balaban J connectivity index is 2.40. The predicted octanol–water partition coefficient (Wildman–Crippen LogP) is 3.01. The predicted molar refractivity (Wildman–Crippen MR) is 103 cm³/mol. The number of aromatic amines is 1. The number of H-pyrrole nitrogens is 1. The molecule has 0 aliphatic heterocycles. The molecule has 0 atom stereocenters. The average Bonchev–Trinajstić information content (AvgIpc) is 2.69. The van der Waals surface area contributed by atoms with Gasteiger partial charge in [0, 0.05) is 24.4 Å². The number of aliphatic imine (C=N–C) groups is 1. The molecule has 7 nitrogen and oxygen atoms in total. The minimum atomic E-state index is -4.95. The molecule has 1 aromatic heterocycles. The summed E-state index contributed by atoms with van der Waals surface area (Å²) in [6.45, 7) is -0.611. The summed E-state index contributed by atoms with van der Waals surface area (Å²) in [5.41, 5.74) is 4.27. The van der Waals surface area contributed by atoms with E-state index in [0.717, 1.165) is 18.3 Å². The van der Waals surface area contributed by atoms with Gasteiger partial charge in [0.2, 0.25) is 0 Å². The molecule has 5 N–H and O–H groups in total. The smallest absolute Gasteiger partial charge is 0.431 e. The number of carbonyl (C=O) groups excluding carboxylic acids is 1. The van der Waals surface area contributed by atoms with E-state index >= 15 is 0 Å². The van der Waals surface area contributed by atoms with Crippen LogP contribution in [0.3, 0.4) is 0 Å². The maximum atomic E-state index is 13.3. The van der Waals surface area contributed by atoms with Gasteiger partial charge in [0.15, 0.2) is 0 Å². The molecule has 2 aromatic rings. The average molecular weight is 462 g/mol. The van der Waals surface area contributed by atoms with Crippen molar-refractivity contribution < 1.29 is 35.9 Å². The SMILES string of the molecule is CN=C/C(COc1ccc(-c2cc(C(N)=O)c(=O)[nH]c2C(F)(F)F)cc1)=C(\N)C(F)(F)F. The molecule has 0 aliphatic rings. The van der Waals surface area contributed by atoms with E-state index in [2.05, 4.69) is 4.99 Å². The first-order valence-corrected chi connectivity index (χ1v) is 8.61. The molecule has 0 bridgehead atoms. The van der Waals surface area contributed by atoms with Crippen molar-refractivity contribution in [3.05, 3.63) is 63.2 Å². The number of benzene rings is 1. The minimum absolute atomic E-state index is 0.0128. The molecule has 172 valence electrons. The third kappa shape index (κ3) is 5.68. The lowest BCUT2D eigenvalue weighted by Crippen LogP contribution is -2.27. The summed E-state index contributed by atoms with van der Waals surface area (Å²) in [5.74, 6) is -1.21. The van der Waals surface area contributed by atoms with Crippen molar-refractivity contribution >= 4 is 12.1 Å². The zero-order chi connectivity index (χ0) is 24.3. The van der Waals surface area contributed by atoms with Crippen LogP contribution in [0, 0.1) is 0 Å². The minimum Gasteiger partial charge on any atom is -0.489 e. The van der Waals surface area contributed by atoms with Crippen LogP contribution < -0.4 is 21.8 Å². The number of nitrogens with zero attached hydrogens (tertiary/aromatic N) is 1. The van der Waals surface area contributed by atoms with Crippen LogP contribution in [0.4, 0.5) is 26.3 Å². The number of ether oxygens (including phenoxy) is 1. The van der Waals surface area contributed by atoms with E-state index in [-0.39, 0.29) is 11.3 Å². The van der Waals surface area contributed by atoms with Crippen molar-refractivity contribution in [2.45, 2.75) is 12.4 Å². The first-order valence-electron chi connectivity index (χ1n) is 8.61. The Morgan fingerprint density at radius 1 is 1.12 bits per heavy atom. The lowest BCUT2D eigenvalue weighted by atomic mass is 10.0. The molecule has 0 unspecified atom stereocenters. The lowest BCUT2D eigenvalue weighted by Gasteiger charge is -2.15. The van der Waals surface area contributed by atoms with Gasteiger partial charge in [-0.2, -0.15) is 26.3 Å². The number of rotatable bonds is 6. The van der Waals surface area contributed by atoms with E-state index in [1.54, 1.807) is 4.98 Å². The fraction of sp³-hybridized carbons (Fsp3) is 0.211. The zero-order valence-corrected chi connectivity index (χ0v) is 16.3. The van der Waals surface area contributed by atoms with Gasteiger partial charge in [-0.15, -0.1) is 0 Å². The van der Waals surface area contributed by atoms with Gasteiger partial charge in [0.25, 0.3) is 11.5 Å². The Kier molecular flexibility index (Phi) is 7.01. The van der Waals surface area contributed by atoms with E-state index in [1.165, 1.54) is 19.2 Å². The number of allylic oxidation sites excluding steroid dienone is 1. The molecular weight excluding hydrogens is 446 g/mol. The van der Waals surface area contributed by atoms with E-state index in [4.69, 9.17) is 16.2 Å². The van der Waals surface area contributed by atoms with Gasteiger partial charge in [0.05, 0.1) is 0 Å². The number of aromatic nitrogens is 1. The molecule has 0 aliphatic carbocycles. The molecule has 0 radical (unpaired) electrons. The van der Waals surface area contributed by atoms with Gasteiger partial charge >= 0.3 is 12.4 Å². The second-order valence-electron chi connectivity index (χ2n) is 6.30. The molecule has 1 amide bonds. The topological polar surface area (TPSA) is 124 Å². The third-order valence-corrected chi connectivity index (χ3v) is 4.09. The van der Waals surface area contributed by atoms with Gasteiger partial charge in [-0.25, -0.2) is 0 Å². The van der Waals surface area contributed by atoms with Crippen LogP contribution >= 0.6 is 0 Å². The number of primary amides is 1. The van der Waals surface area contributed by atoms with Gasteiger partial charge < -0.3 is 21.2 Å². The summed E-state index contributed by atoms with van der Waals surface area (Å²) in [6, 6.07) is 5.41. The second kappa shape index (κ2) is 9.16. The highest BCUT2D eigenvalue weighted by atomic mass is 19.4. The summed E-state index contributed by atoms with van der Waals surface area (Å²) >= 11 is 0. The molecule has 0 saturated heterocycles. The normalized spacial score (nSPS) is 13.2. The number of halogens is 6. The summed E-state index contributed by atoms with van der Waals surface area (Å²) in [7, 11) is 1.24. The number of hydrogen-bond acceptors (Lipinski definition) is 5.